The van der Waals surface area contributed by atoms with Crippen molar-refractivity contribution in [1.82, 2.24) is 14.9 Å². The van der Waals surface area contributed by atoms with Gasteiger partial charge in [0.05, 0.1) is 11.0 Å². The van der Waals surface area contributed by atoms with Crippen LogP contribution in [-0.2, 0) is 13.0 Å². The van der Waals surface area contributed by atoms with Gasteiger partial charge in [-0.25, -0.2) is 4.98 Å². The first kappa shape index (κ1) is 15.3. The van der Waals surface area contributed by atoms with Gasteiger partial charge in [-0.15, -0.1) is 0 Å². The second-order valence-electron chi connectivity index (χ2n) is 5.93. The van der Waals surface area contributed by atoms with E-state index in [4.69, 9.17) is 17.2 Å². The number of benzene rings is 1. The van der Waals surface area contributed by atoms with Crippen LogP contribution in [0.5, 0.6) is 0 Å². The van der Waals surface area contributed by atoms with Gasteiger partial charge in [0.1, 0.15) is 5.82 Å². The van der Waals surface area contributed by atoms with E-state index in [1.54, 1.807) is 0 Å². The van der Waals surface area contributed by atoms with Crippen LogP contribution in [0.2, 0.25) is 0 Å². The molecule has 0 fully saturated rings. The number of fused-ring (bicyclic) bond motifs is 3. The molecule has 5 heteroatoms. The van der Waals surface area contributed by atoms with Crippen LogP contribution in [0.3, 0.4) is 0 Å². The van der Waals surface area contributed by atoms with Gasteiger partial charge in [0.25, 0.3) is 0 Å². The summed E-state index contributed by atoms with van der Waals surface area (Å²) in [5.41, 5.74) is 3.32. The van der Waals surface area contributed by atoms with Gasteiger partial charge in [-0.2, -0.15) is 0 Å². The van der Waals surface area contributed by atoms with Crippen LogP contribution < -0.4 is 10.6 Å². The molecule has 0 aliphatic carbocycles. The van der Waals surface area contributed by atoms with E-state index in [0.717, 1.165) is 37.1 Å². The van der Waals surface area contributed by atoms with Crippen LogP contribution in [0.4, 0.5) is 5.69 Å². The third-order valence-corrected chi connectivity index (χ3v) is 4.43. The quantitative estimate of drug-likeness (QED) is 0.664. The average molecular weight is 316 g/mol. The number of hydrogen-bond donors (Lipinski definition) is 2. The summed E-state index contributed by atoms with van der Waals surface area (Å²) in [5.74, 6) is 1.23. The molecule has 2 aromatic rings. The predicted molar refractivity (Wildman–Crippen MR) is 96.4 cm³/mol. The molecule has 3 rings (SSSR count). The molecule has 1 aromatic heterocycles. The van der Waals surface area contributed by atoms with Gasteiger partial charge in [-0.3, -0.25) is 0 Å². The molecule has 0 saturated heterocycles. The Labute approximate surface area is 137 Å². The molecule has 22 heavy (non-hydrogen) atoms. The number of unbranched alkanes of at least 4 members (excludes halogenated alkanes) is 1. The maximum atomic E-state index is 5.33. The van der Waals surface area contributed by atoms with Crippen LogP contribution in [-0.4, -0.2) is 21.2 Å². The number of aromatic nitrogens is 2. The number of aryl methyl sites for hydroxylation is 2. The molecule has 2 N–H and O–H groups in total. The summed E-state index contributed by atoms with van der Waals surface area (Å²) in [6.07, 6.45) is 7.21. The van der Waals surface area contributed by atoms with E-state index in [1.165, 1.54) is 37.0 Å². The summed E-state index contributed by atoms with van der Waals surface area (Å²) >= 11 is 5.33. The molecule has 0 bridgehead atoms. The van der Waals surface area contributed by atoms with Crippen molar-refractivity contribution in [2.75, 3.05) is 11.9 Å². The van der Waals surface area contributed by atoms with Crippen molar-refractivity contribution in [2.45, 2.75) is 52.0 Å². The Balaban J connectivity index is 1.74. The lowest BCUT2D eigenvalue weighted by atomic mass is 10.2. The number of hydrogen-bond acceptors (Lipinski definition) is 2. The van der Waals surface area contributed by atoms with Crippen molar-refractivity contribution in [3.05, 3.63) is 24.0 Å². The predicted octanol–water partition coefficient (Wildman–Crippen LogP) is 3.85. The Morgan fingerprint density at radius 3 is 3.09 bits per heavy atom. The van der Waals surface area contributed by atoms with E-state index in [9.17, 15) is 0 Å². The first-order chi connectivity index (χ1) is 10.8. The number of thiocarbonyl (C=S) groups is 1. The molecule has 4 nitrogen and oxygen atoms in total. The molecule has 0 spiro atoms. The zero-order valence-electron chi connectivity index (χ0n) is 13.2. The first-order valence-electron chi connectivity index (χ1n) is 8.32. The maximum absolute atomic E-state index is 5.33. The summed E-state index contributed by atoms with van der Waals surface area (Å²) in [5, 5.41) is 7.18. The molecule has 2 heterocycles. The molecule has 1 aromatic carbocycles. The molecule has 0 amide bonds. The molecule has 118 valence electrons. The minimum atomic E-state index is 0.688. The number of nitrogens with zero attached hydrogens (tertiary/aromatic N) is 2. The summed E-state index contributed by atoms with van der Waals surface area (Å²) in [6, 6.07) is 6.36. The van der Waals surface area contributed by atoms with Gasteiger partial charge in [0.2, 0.25) is 0 Å². The Morgan fingerprint density at radius 2 is 2.23 bits per heavy atom. The van der Waals surface area contributed by atoms with Crippen LogP contribution in [0.1, 0.15) is 44.9 Å². The SMILES string of the molecule is CCCCNC(=S)Nc1ccc2c(c1)nc1n2CCCCC1. The highest BCUT2D eigenvalue weighted by atomic mass is 32.1. The molecule has 1 aliphatic heterocycles. The Bertz CT molecular complexity index is 662. The first-order valence-corrected chi connectivity index (χ1v) is 8.73. The van der Waals surface area contributed by atoms with Gasteiger partial charge in [0.15, 0.2) is 5.11 Å². The van der Waals surface area contributed by atoms with Crippen LogP contribution in [0.25, 0.3) is 11.0 Å². The topological polar surface area (TPSA) is 41.9 Å². The number of rotatable bonds is 4. The summed E-state index contributed by atoms with van der Waals surface area (Å²) in [7, 11) is 0. The van der Waals surface area contributed by atoms with Gasteiger partial charge in [0, 0.05) is 25.2 Å². The highest BCUT2D eigenvalue weighted by molar-refractivity contribution is 7.80. The number of imidazole rings is 1. The van der Waals surface area contributed by atoms with Crippen molar-refractivity contribution >= 4 is 34.1 Å². The normalized spacial score (nSPS) is 14.4. The van der Waals surface area contributed by atoms with Crippen molar-refractivity contribution in [3.8, 4) is 0 Å². The van der Waals surface area contributed by atoms with E-state index in [0.29, 0.717) is 5.11 Å². The second-order valence-corrected chi connectivity index (χ2v) is 6.34. The zero-order valence-corrected chi connectivity index (χ0v) is 14.0. The molecular weight excluding hydrogens is 292 g/mol. The highest BCUT2D eigenvalue weighted by Crippen LogP contribution is 2.24. The molecule has 0 atom stereocenters. The minimum absolute atomic E-state index is 0.688. The van der Waals surface area contributed by atoms with Gasteiger partial charge >= 0.3 is 0 Å². The summed E-state index contributed by atoms with van der Waals surface area (Å²) in [4.78, 5) is 4.82. The lowest BCUT2D eigenvalue weighted by Crippen LogP contribution is -2.29. The molecule has 0 unspecified atom stereocenters. The smallest absolute Gasteiger partial charge is 0.170 e. The average Bonchev–Trinajstić information content (AvgIpc) is 2.68. The monoisotopic (exact) mass is 316 g/mol. The van der Waals surface area contributed by atoms with Crippen LogP contribution in [0, 0.1) is 0 Å². The Kier molecular flexibility index (Phi) is 4.93. The van der Waals surface area contributed by atoms with E-state index in [1.807, 2.05) is 0 Å². The fourth-order valence-electron chi connectivity index (χ4n) is 2.98. The van der Waals surface area contributed by atoms with Gasteiger partial charge in [-0.05, 0) is 49.7 Å². The van der Waals surface area contributed by atoms with E-state index in [-0.39, 0.29) is 0 Å². The van der Waals surface area contributed by atoms with Crippen molar-refractivity contribution in [2.24, 2.45) is 0 Å². The van der Waals surface area contributed by atoms with Gasteiger partial charge < -0.3 is 15.2 Å². The maximum Gasteiger partial charge on any atom is 0.170 e. The van der Waals surface area contributed by atoms with Crippen molar-refractivity contribution in [3.63, 3.8) is 0 Å². The fraction of sp³-hybridized carbons (Fsp3) is 0.529. The molecule has 0 radical (unpaired) electrons. The van der Waals surface area contributed by atoms with Crippen LogP contribution in [0.15, 0.2) is 18.2 Å². The number of nitrogens with one attached hydrogen (secondary N) is 2. The Hall–Kier alpha value is -1.62. The molecular formula is C17H24N4S. The molecule has 0 saturated carbocycles. The zero-order chi connectivity index (χ0) is 15.4. The van der Waals surface area contributed by atoms with Crippen molar-refractivity contribution in [1.29, 1.82) is 0 Å². The van der Waals surface area contributed by atoms with E-state index >= 15 is 0 Å². The largest absolute Gasteiger partial charge is 0.362 e. The van der Waals surface area contributed by atoms with Crippen LogP contribution >= 0.6 is 12.2 Å². The lowest BCUT2D eigenvalue weighted by molar-refractivity contribution is 0.647. The van der Waals surface area contributed by atoms with E-state index in [2.05, 4.69) is 40.3 Å². The standard InChI is InChI=1S/C17H24N4S/c1-2-3-10-18-17(22)19-13-8-9-15-14(12-13)20-16-7-5-4-6-11-21(15)16/h8-9,12H,2-7,10-11H2,1H3,(H2,18,19,22). The Morgan fingerprint density at radius 1 is 1.32 bits per heavy atom. The lowest BCUT2D eigenvalue weighted by Gasteiger charge is -2.10. The van der Waals surface area contributed by atoms with E-state index < -0.39 is 0 Å². The highest BCUT2D eigenvalue weighted by Gasteiger charge is 2.13. The minimum Gasteiger partial charge on any atom is -0.362 e. The number of anilines is 1. The third kappa shape index (κ3) is 3.40. The summed E-state index contributed by atoms with van der Waals surface area (Å²) in [6.45, 7) is 4.19. The van der Waals surface area contributed by atoms with Crippen molar-refractivity contribution < 1.29 is 0 Å². The molecule has 1 aliphatic rings. The fourth-order valence-corrected chi connectivity index (χ4v) is 3.20. The third-order valence-electron chi connectivity index (χ3n) is 4.18. The summed E-state index contributed by atoms with van der Waals surface area (Å²) < 4.78 is 2.38. The van der Waals surface area contributed by atoms with Gasteiger partial charge in [-0.1, -0.05) is 19.8 Å². The second kappa shape index (κ2) is 7.09.